The summed E-state index contributed by atoms with van der Waals surface area (Å²) in [6, 6.07) is 7.62. The number of nitrogens with one attached hydrogen (secondary N) is 2. The molecule has 8 nitrogen and oxygen atoms in total. The molecule has 1 fully saturated rings. The van der Waals surface area contributed by atoms with Crippen molar-refractivity contribution >= 4 is 21.3 Å². The Labute approximate surface area is 201 Å². The van der Waals surface area contributed by atoms with Gasteiger partial charge >= 0.3 is 6.18 Å². The lowest BCUT2D eigenvalue weighted by molar-refractivity contribution is -0.142. The van der Waals surface area contributed by atoms with Crippen LogP contribution in [0.25, 0.3) is 0 Å². The van der Waals surface area contributed by atoms with E-state index >= 15 is 0 Å². The monoisotopic (exact) mass is 527 g/mol. The maximum Gasteiger partial charge on any atom is 0.435 e. The highest BCUT2D eigenvalue weighted by Gasteiger charge is 2.47. The van der Waals surface area contributed by atoms with E-state index in [2.05, 4.69) is 20.5 Å². The molecule has 36 heavy (non-hydrogen) atoms. The summed E-state index contributed by atoms with van der Waals surface area (Å²) in [6.45, 7) is 0.982. The summed E-state index contributed by atoms with van der Waals surface area (Å²) < 4.78 is 93.9. The van der Waals surface area contributed by atoms with Gasteiger partial charge in [0.15, 0.2) is 5.69 Å². The number of carbonyl (C=O) groups is 1. The van der Waals surface area contributed by atoms with Crippen LogP contribution < -0.4 is 10.1 Å². The summed E-state index contributed by atoms with van der Waals surface area (Å²) in [5.74, 6) is -3.43. The number of hydrogen-bond acceptors (Lipinski definition) is 7. The van der Waals surface area contributed by atoms with Crippen LogP contribution in [0.5, 0.6) is 11.8 Å². The first-order valence-corrected chi connectivity index (χ1v) is 12.3. The number of nitrogens with zero attached hydrogens (tertiary/aromatic N) is 3. The Bertz CT molecular complexity index is 1470. The highest BCUT2D eigenvalue weighted by molar-refractivity contribution is 7.91. The van der Waals surface area contributed by atoms with Crippen molar-refractivity contribution in [2.24, 2.45) is 0 Å². The Balaban J connectivity index is 1.73. The van der Waals surface area contributed by atoms with Crippen molar-refractivity contribution in [1.29, 1.82) is 4.78 Å². The molecule has 0 radical (unpaired) electrons. The molecule has 1 aromatic carbocycles. The molecule has 1 unspecified atom stereocenters. The van der Waals surface area contributed by atoms with Gasteiger partial charge in [0.25, 0.3) is 11.8 Å². The molecule has 0 aliphatic heterocycles. The van der Waals surface area contributed by atoms with Crippen LogP contribution in [0.4, 0.5) is 27.6 Å². The van der Waals surface area contributed by atoms with Crippen LogP contribution >= 0.6 is 0 Å². The van der Waals surface area contributed by atoms with Crippen molar-refractivity contribution in [3.63, 3.8) is 0 Å². The standard InChI is InChI=1S/C22H18F5N5O3S/c1-11-16(19(33)29-12-4-3-5-13(10-12)36(2,28)34)20(32-31-17(11)22(25,26)27)35-15-7-6-14(18(23)30-15)21(24)8-9-21/h3-7,10,28H,8-9H2,1-2H3,(H,29,33). The Morgan fingerprint density at radius 1 is 1.19 bits per heavy atom. The fourth-order valence-electron chi connectivity index (χ4n) is 3.40. The summed E-state index contributed by atoms with van der Waals surface area (Å²) >= 11 is 0. The fraction of sp³-hybridized carbons (Fsp3) is 0.273. The Morgan fingerprint density at radius 2 is 1.89 bits per heavy atom. The summed E-state index contributed by atoms with van der Waals surface area (Å²) in [5.41, 5.74) is -4.79. The zero-order valence-corrected chi connectivity index (χ0v) is 19.6. The van der Waals surface area contributed by atoms with E-state index in [0.717, 1.165) is 25.3 Å². The molecule has 0 saturated heterocycles. The highest BCUT2D eigenvalue weighted by Crippen LogP contribution is 2.50. The predicted octanol–water partition coefficient (Wildman–Crippen LogP) is 5.38. The van der Waals surface area contributed by atoms with Gasteiger partial charge in [0.2, 0.25) is 11.8 Å². The molecular weight excluding hydrogens is 509 g/mol. The van der Waals surface area contributed by atoms with Crippen molar-refractivity contribution in [3.8, 4) is 11.8 Å². The van der Waals surface area contributed by atoms with Gasteiger partial charge in [-0.3, -0.25) is 4.79 Å². The summed E-state index contributed by atoms with van der Waals surface area (Å²) in [7, 11) is -3.14. The normalized spacial score (nSPS) is 16.2. The van der Waals surface area contributed by atoms with Crippen molar-refractivity contribution in [3.05, 3.63) is 64.7 Å². The van der Waals surface area contributed by atoms with E-state index in [4.69, 9.17) is 9.52 Å². The molecule has 1 aliphatic carbocycles. The minimum absolute atomic E-state index is 0.0428. The quantitative estimate of drug-likeness (QED) is 0.329. The third-order valence-corrected chi connectivity index (χ3v) is 6.57. The number of aromatic nitrogens is 3. The second-order valence-corrected chi connectivity index (χ2v) is 10.4. The Morgan fingerprint density at radius 3 is 2.47 bits per heavy atom. The first kappa shape index (κ1) is 25.4. The van der Waals surface area contributed by atoms with Gasteiger partial charge in [0.1, 0.15) is 11.2 Å². The van der Waals surface area contributed by atoms with Gasteiger partial charge in [-0.2, -0.15) is 22.5 Å². The van der Waals surface area contributed by atoms with Crippen LogP contribution in [0.2, 0.25) is 0 Å². The van der Waals surface area contributed by atoms with Crippen molar-refractivity contribution in [2.45, 2.75) is 36.5 Å². The van der Waals surface area contributed by atoms with Crippen LogP contribution in [-0.2, 0) is 21.6 Å². The second-order valence-electron chi connectivity index (χ2n) is 8.23. The minimum atomic E-state index is -4.95. The van der Waals surface area contributed by atoms with Crippen LogP contribution in [-0.4, -0.2) is 31.6 Å². The highest BCUT2D eigenvalue weighted by atomic mass is 32.2. The molecule has 4 rings (SSSR count). The first-order chi connectivity index (χ1) is 16.7. The third-order valence-electron chi connectivity index (χ3n) is 5.42. The number of hydrogen-bond donors (Lipinski definition) is 2. The molecule has 3 aromatic rings. The number of halogens is 5. The van der Waals surface area contributed by atoms with Crippen molar-refractivity contribution in [2.75, 3.05) is 11.6 Å². The second kappa shape index (κ2) is 8.76. The first-order valence-electron chi connectivity index (χ1n) is 10.3. The average Bonchev–Trinajstić information content (AvgIpc) is 3.50. The number of amides is 1. The van der Waals surface area contributed by atoms with Gasteiger partial charge in [0, 0.05) is 28.5 Å². The largest absolute Gasteiger partial charge is 0.435 e. The summed E-state index contributed by atoms with van der Waals surface area (Å²) in [4.78, 5) is 16.6. The van der Waals surface area contributed by atoms with Crippen molar-refractivity contribution in [1.82, 2.24) is 15.2 Å². The van der Waals surface area contributed by atoms with Gasteiger partial charge in [-0.25, -0.2) is 13.4 Å². The van der Waals surface area contributed by atoms with Crippen LogP contribution in [0.15, 0.2) is 41.3 Å². The summed E-state index contributed by atoms with van der Waals surface area (Å²) in [5, 5.41) is 8.83. The number of anilines is 1. The zero-order chi connectivity index (χ0) is 26.5. The molecule has 1 atom stereocenters. The number of benzene rings is 1. The molecule has 1 amide bonds. The van der Waals surface area contributed by atoms with Crippen molar-refractivity contribution < 1.29 is 35.7 Å². The average molecular weight is 527 g/mol. The van der Waals surface area contributed by atoms with E-state index in [-0.39, 0.29) is 29.0 Å². The lowest BCUT2D eigenvalue weighted by Gasteiger charge is -2.16. The number of carbonyl (C=O) groups excluding carboxylic acids is 1. The SMILES string of the molecule is Cc1c(C(F)(F)F)nnc(Oc2ccc(C3(F)CC3)c(F)n2)c1C(=O)Nc1cccc(S(C)(=N)=O)c1. The minimum Gasteiger partial charge on any atom is -0.418 e. The molecule has 1 saturated carbocycles. The smallest absolute Gasteiger partial charge is 0.418 e. The molecular formula is C22H18F5N5O3S. The molecule has 14 heteroatoms. The zero-order valence-electron chi connectivity index (χ0n) is 18.7. The molecule has 0 spiro atoms. The number of alkyl halides is 4. The van der Waals surface area contributed by atoms with Gasteiger partial charge < -0.3 is 10.1 Å². The van der Waals surface area contributed by atoms with Crippen LogP contribution in [0.1, 0.15) is 40.0 Å². The Hall–Kier alpha value is -3.68. The maximum atomic E-state index is 14.3. The number of rotatable bonds is 6. The number of ether oxygens (including phenoxy) is 1. The van der Waals surface area contributed by atoms with E-state index in [1.165, 1.54) is 24.3 Å². The van der Waals surface area contributed by atoms with E-state index in [1.54, 1.807) is 0 Å². The molecule has 1 aliphatic rings. The maximum absolute atomic E-state index is 14.3. The van der Waals surface area contributed by atoms with Crippen LogP contribution in [0.3, 0.4) is 0 Å². The predicted molar refractivity (Wildman–Crippen MR) is 118 cm³/mol. The van der Waals surface area contributed by atoms with E-state index < -0.39 is 62.0 Å². The van der Waals surface area contributed by atoms with E-state index in [1.807, 2.05) is 0 Å². The molecule has 2 aromatic heterocycles. The molecule has 0 bridgehead atoms. The fourth-order valence-corrected chi connectivity index (χ4v) is 4.09. The van der Waals surface area contributed by atoms with Gasteiger partial charge in [-0.15, -0.1) is 10.2 Å². The van der Waals surface area contributed by atoms with Crippen LogP contribution in [0, 0.1) is 17.7 Å². The third kappa shape index (κ3) is 5.12. The topological polar surface area (TPSA) is 118 Å². The van der Waals surface area contributed by atoms with Gasteiger partial charge in [0.05, 0.1) is 9.73 Å². The molecule has 2 N–H and O–H groups in total. The van der Waals surface area contributed by atoms with Gasteiger partial charge in [-0.1, -0.05) is 6.07 Å². The molecule has 2 heterocycles. The van der Waals surface area contributed by atoms with E-state index in [0.29, 0.717) is 0 Å². The Kier molecular flexibility index (Phi) is 6.19. The number of pyridine rings is 1. The lowest BCUT2D eigenvalue weighted by atomic mass is 10.1. The molecule has 190 valence electrons. The lowest BCUT2D eigenvalue weighted by Crippen LogP contribution is -2.21. The van der Waals surface area contributed by atoms with E-state index in [9.17, 15) is 31.0 Å². The summed E-state index contributed by atoms with van der Waals surface area (Å²) in [6.07, 6.45) is -3.52. The van der Waals surface area contributed by atoms with Gasteiger partial charge in [-0.05, 0) is 49.6 Å².